The Morgan fingerprint density at radius 1 is 1.22 bits per heavy atom. The van der Waals surface area contributed by atoms with Crippen molar-refractivity contribution < 1.29 is 23.5 Å². The second-order valence-corrected chi connectivity index (χ2v) is 10.3. The molecular formula is C29H33FN2O4. The Bertz CT molecular complexity index is 1130. The summed E-state index contributed by atoms with van der Waals surface area (Å²) in [5, 5.41) is 3.00. The van der Waals surface area contributed by atoms with E-state index in [4.69, 9.17) is 9.47 Å². The van der Waals surface area contributed by atoms with E-state index in [1.54, 1.807) is 19.2 Å². The molecule has 2 aliphatic carbocycles. The van der Waals surface area contributed by atoms with Crippen molar-refractivity contribution in [3.63, 3.8) is 0 Å². The number of carbonyl (C=O) groups excluding carboxylic acids is 2. The Morgan fingerprint density at radius 2 is 2.08 bits per heavy atom. The van der Waals surface area contributed by atoms with Gasteiger partial charge in [0.05, 0.1) is 18.2 Å². The highest BCUT2D eigenvalue weighted by Crippen LogP contribution is 2.53. The number of halogens is 1. The van der Waals surface area contributed by atoms with Crippen LogP contribution >= 0.6 is 0 Å². The third-order valence-corrected chi connectivity index (χ3v) is 8.18. The standard InChI is InChI=1S/C29H33FN2O4/c1-3-35-29(34)32-23-10-11-24-20(14-23)15-26-27(17(2)36-28(26)33)25(24)12-9-22-8-7-19(16-31-22)18-5-4-6-21(30)13-18/h4-9,12-13,16-17,20,23-27H,3,10-11,14-15H2,1-2H3,(H,32,34)/b12-9+/t17-,20-,23+,24-,25-,26-,27+/m0/s1. The second-order valence-electron chi connectivity index (χ2n) is 10.3. The van der Waals surface area contributed by atoms with Crippen LogP contribution in [-0.4, -0.2) is 35.8 Å². The number of pyridine rings is 1. The molecule has 3 aliphatic rings. The van der Waals surface area contributed by atoms with Gasteiger partial charge in [-0.05, 0) is 87.1 Å². The molecule has 36 heavy (non-hydrogen) atoms. The zero-order valence-corrected chi connectivity index (χ0v) is 20.7. The van der Waals surface area contributed by atoms with Gasteiger partial charge in [0.2, 0.25) is 0 Å². The van der Waals surface area contributed by atoms with Gasteiger partial charge in [-0.25, -0.2) is 9.18 Å². The number of esters is 1. The van der Waals surface area contributed by atoms with Crippen LogP contribution in [0.25, 0.3) is 17.2 Å². The van der Waals surface area contributed by atoms with Gasteiger partial charge in [-0.3, -0.25) is 9.78 Å². The van der Waals surface area contributed by atoms with Gasteiger partial charge in [-0.1, -0.05) is 24.3 Å². The van der Waals surface area contributed by atoms with Gasteiger partial charge in [0.1, 0.15) is 11.9 Å². The summed E-state index contributed by atoms with van der Waals surface area (Å²) in [5.41, 5.74) is 2.48. The summed E-state index contributed by atoms with van der Waals surface area (Å²) in [5.74, 6) is 0.629. The summed E-state index contributed by atoms with van der Waals surface area (Å²) in [6, 6.07) is 10.4. The molecule has 0 spiro atoms. The first kappa shape index (κ1) is 24.5. The smallest absolute Gasteiger partial charge is 0.407 e. The van der Waals surface area contributed by atoms with E-state index >= 15 is 0 Å². The number of fused-ring (bicyclic) bond motifs is 2. The molecule has 5 rings (SSSR count). The molecule has 1 aromatic carbocycles. The van der Waals surface area contributed by atoms with E-state index in [-0.39, 0.29) is 47.8 Å². The maximum Gasteiger partial charge on any atom is 0.407 e. The fraction of sp³-hybridized carbons (Fsp3) is 0.483. The van der Waals surface area contributed by atoms with Gasteiger partial charge in [-0.15, -0.1) is 0 Å². The normalized spacial score (nSPS) is 31.4. The van der Waals surface area contributed by atoms with Crippen molar-refractivity contribution in [2.24, 2.45) is 29.6 Å². The molecule has 6 nitrogen and oxygen atoms in total. The first-order chi connectivity index (χ1) is 17.4. The van der Waals surface area contributed by atoms with Crippen LogP contribution in [0.15, 0.2) is 48.7 Å². The zero-order chi connectivity index (χ0) is 25.2. The molecule has 1 N–H and O–H groups in total. The van der Waals surface area contributed by atoms with Crippen LogP contribution < -0.4 is 5.32 Å². The van der Waals surface area contributed by atoms with Gasteiger partial charge >= 0.3 is 12.1 Å². The van der Waals surface area contributed by atoms with Crippen molar-refractivity contribution in [1.29, 1.82) is 0 Å². The van der Waals surface area contributed by atoms with Gasteiger partial charge in [0.25, 0.3) is 0 Å². The summed E-state index contributed by atoms with van der Waals surface area (Å²) >= 11 is 0. The molecule has 1 saturated heterocycles. The number of rotatable bonds is 5. The van der Waals surface area contributed by atoms with Gasteiger partial charge in [0.15, 0.2) is 0 Å². The lowest BCUT2D eigenvalue weighted by Gasteiger charge is -2.47. The fourth-order valence-corrected chi connectivity index (χ4v) is 6.64. The lowest BCUT2D eigenvalue weighted by Crippen LogP contribution is -2.48. The highest BCUT2D eigenvalue weighted by Gasteiger charge is 2.54. The van der Waals surface area contributed by atoms with Gasteiger partial charge < -0.3 is 14.8 Å². The Balaban J connectivity index is 1.34. The minimum absolute atomic E-state index is 0.0679. The lowest BCUT2D eigenvalue weighted by molar-refractivity contribution is -0.144. The summed E-state index contributed by atoms with van der Waals surface area (Å²) in [4.78, 5) is 29.2. The average molecular weight is 493 g/mol. The Kier molecular flexibility index (Phi) is 7.08. The van der Waals surface area contributed by atoms with Crippen LogP contribution in [0.2, 0.25) is 0 Å². The molecule has 0 radical (unpaired) electrons. The Morgan fingerprint density at radius 3 is 2.83 bits per heavy atom. The van der Waals surface area contributed by atoms with E-state index in [2.05, 4.69) is 16.4 Å². The minimum Gasteiger partial charge on any atom is -0.462 e. The number of cyclic esters (lactones) is 1. The summed E-state index contributed by atoms with van der Waals surface area (Å²) < 4.78 is 24.3. The van der Waals surface area contributed by atoms with E-state index in [0.29, 0.717) is 18.4 Å². The van der Waals surface area contributed by atoms with Crippen LogP contribution in [0.1, 0.15) is 45.2 Å². The van der Waals surface area contributed by atoms with E-state index in [0.717, 1.165) is 42.5 Å². The predicted molar refractivity (Wildman–Crippen MR) is 134 cm³/mol. The number of hydrogen-bond donors (Lipinski definition) is 1. The lowest BCUT2D eigenvalue weighted by atomic mass is 9.57. The Labute approximate surface area is 211 Å². The quantitative estimate of drug-likeness (QED) is 0.548. The summed E-state index contributed by atoms with van der Waals surface area (Å²) in [7, 11) is 0. The third-order valence-electron chi connectivity index (χ3n) is 8.18. The van der Waals surface area contributed by atoms with Crippen molar-refractivity contribution in [3.05, 3.63) is 60.2 Å². The molecule has 7 heteroatoms. The number of hydrogen-bond acceptors (Lipinski definition) is 5. The first-order valence-electron chi connectivity index (χ1n) is 13.0. The number of nitrogens with one attached hydrogen (secondary N) is 1. The van der Waals surface area contributed by atoms with E-state index in [9.17, 15) is 14.0 Å². The van der Waals surface area contributed by atoms with Crippen LogP contribution in [0.3, 0.4) is 0 Å². The van der Waals surface area contributed by atoms with Crippen molar-refractivity contribution in [2.75, 3.05) is 6.61 Å². The molecule has 1 amide bonds. The van der Waals surface area contributed by atoms with E-state index in [1.165, 1.54) is 12.1 Å². The highest BCUT2D eigenvalue weighted by atomic mass is 19.1. The number of allylic oxidation sites excluding steroid dienone is 1. The molecule has 7 atom stereocenters. The van der Waals surface area contributed by atoms with Gasteiger partial charge in [-0.2, -0.15) is 0 Å². The van der Waals surface area contributed by atoms with Crippen molar-refractivity contribution >= 4 is 18.1 Å². The Hall–Kier alpha value is -3.22. The maximum absolute atomic E-state index is 13.6. The highest BCUT2D eigenvalue weighted by molar-refractivity contribution is 5.75. The van der Waals surface area contributed by atoms with Crippen LogP contribution in [0, 0.1) is 35.4 Å². The molecule has 0 bridgehead atoms. The molecule has 2 saturated carbocycles. The van der Waals surface area contributed by atoms with Crippen LogP contribution in [-0.2, 0) is 14.3 Å². The van der Waals surface area contributed by atoms with E-state index in [1.807, 2.05) is 31.2 Å². The van der Waals surface area contributed by atoms with Gasteiger partial charge in [0, 0.05) is 23.7 Å². The fourth-order valence-electron chi connectivity index (χ4n) is 6.64. The number of aromatic nitrogens is 1. The summed E-state index contributed by atoms with van der Waals surface area (Å²) in [6.07, 6.45) is 9.07. The third kappa shape index (κ3) is 5.01. The molecule has 190 valence electrons. The van der Waals surface area contributed by atoms with Crippen molar-refractivity contribution in [2.45, 2.75) is 51.7 Å². The van der Waals surface area contributed by atoms with Crippen molar-refractivity contribution in [3.8, 4) is 11.1 Å². The minimum atomic E-state index is -0.368. The number of benzene rings is 1. The van der Waals surface area contributed by atoms with Crippen molar-refractivity contribution in [1.82, 2.24) is 10.3 Å². The number of ether oxygens (including phenoxy) is 2. The zero-order valence-electron chi connectivity index (χ0n) is 20.7. The predicted octanol–water partition coefficient (Wildman–Crippen LogP) is 5.63. The maximum atomic E-state index is 13.6. The number of carbonyl (C=O) groups is 2. The molecule has 2 aromatic rings. The number of nitrogens with zero attached hydrogens (tertiary/aromatic N) is 1. The van der Waals surface area contributed by atoms with Crippen LogP contribution in [0.5, 0.6) is 0 Å². The molecule has 2 heterocycles. The SMILES string of the molecule is CCOC(=O)N[C@@H]1CC[C@H]2[C@@H](C1)C[C@@H]1C(=O)O[C@@H](C)[C@@H]1[C@H]2/C=C/c1ccc(-c2cccc(F)c2)cn1. The first-order valence-corrected chi connectivity index (χ1v) is 13.0. The monoisotopic (exact) mass is 492 g/mol. The largest absolute Gasteiger partial charge is 0.462 e. The van der Waals surface area contributed by atoms with Crippen LogP contribution in [0.4, 0.5) is 9.18 Å². The molecular weight excluding hydrogens is 459 g/mol. The molecule has 1 aromatic heterocycles. The molecule has 3 fully saturated rings. The number of alkyl carbamates (subject to hydrolysis) is 1. The summed E-state index contributed by atoms with van der Waals surface area (Å²) in [6.45, 7) is 4.15. The molecule has 0 unspecified atom stereocenters. The topological polar surface area (TPSA) is 77.5 Å². The average Bonchev–Trinajstić information content (AvgIpc) is 3.15. The number of amides is 1. The molecule has 1 aliphatic heterocycles. The second kappa shape index (κ2) is 10.4. The van der Waals surface area contributed by atoms with E-state index < -0.39 is 0 Å².